The first-order chi connectivity index (χ1) is 13.6. The van der Waals surface area contributed by atoms with Crippen LogP contribution in [-0.4, -0.2) is 39.3 Å². The van der Waals surface area contributed by atoms with Gasteiger partial charge >= 0.3 is 0 Å². The van der Waals surface area contributed by atoms with Crippen molar-refractivity contribution in [2.24, 2.45) is 10.7 Å². The van der Waals surface area contributed by atoms with E-state index in [0.29, 0.717) is 25.7 Å². The van der Waals surface area contributed by atoms with Crippen LogP contribution in [0.5, 0.6) is 11.5 Å². The van der Waals surface area contributed by atoms with E-state index in [4.69, 9.17) is 15.2 Å². The summed E-state index contributed by atoms with van der Waals surface area (Å²) in [5.74, 6) is 1.88. The zero-order valence-corrected chi connectivity index (χ0v) is 17.1. The lowest BCUT2D eigenvalue weighted by Gasteiger charge is -2.18. The Hall–Kier alpha value is -2.89. The van der Waals surface area contributed by atoms with Crippen molar-refractivity contribution in [3.8, 4) is 11.5 Å². The third-order valence-electron chi connectivity index (χ3n) is 4.21. The summed E-state index contributed by atoms with van der Waals surface area (Å²) in [5, 5.41) is 3.13. The monoisotopic (exact) mass is 384 g/mol. The van der Waals surface area contributed by atoms with E-state index < -0.39 is 0 Å². The number of nitrogens with zero attached hydrogens (tertiary/aromatic N) is 2. The molecule has 152 valence electrons. The molecule has 2 aromatic rings. The fraction of sp³-hybridized carbons (Fsp3) is 0.409. The van der Waals surface area contributed by atoms with E-state index in [2.05, 4.69) is 46.5 Å². The van der Waals surface area contributed by atoms with Crippen LogP contribution in [0.4, 0.5) is 11.4 Å². The van der Waals surface area contributed by atoms with E-state index in [9.17, 15) is 0 Å². The van der Waals surface area contributed by atoms with Gasteiger partial charge in [-0.2, -0.15) is 0 Å². The SMILES string of the molecule is CCOc1ccc(OCC)c(NC(N)=NCCCCN(C)c2ccccc2)c1. The minimum Gasteiger partial charge on any atom is -0.494 e. The maximum atomic E-state index is 6.06. The predicted molar refractivity (Wildman–Crippen MR) is 118 cm³/mol. The Morgan fingerprint density at radius 1 is 1.04 bits per heavy atom. The Labute approximate surface area is 168 Å². The topological polar surface area (TPSA) is 72.1 Å². The molecule has 0 fully saturated rings. The quantitative estimate of drug-likeness (QED) is 0.346. The molecule has 0 aliphatic heterocycles. The van der Waals surface area contributed by atoms with Gasteiger partial charge in [0, 0.05) is 31.9 Å². The molecule has 2 aromatic carbocycles. The number of unbranched alkanes of at least 4 members (excludes halogenated alkanes) is 1. The Morgan fingerprint density at radius 2 is 1.79 bits per heavy atom. The molecule has 3 N–H and O–H groups in total. The lowest BCUT2D eigenvalue weighted by atomic mass is 10.2. The predicted octanol–water partition coefficient (Wildman–Crippen LogP) is 4.13. The Morgan fingerprint density at radius 3 is 2.50 bits per heavy atom. The number of hydrogen-bond acceptors (Lipinski definition) is 4. The van der Waals surface area contributed by atoms with Crippen molar-refractivity contribution in [1.29, 1.82) is 0 Å². The molecule has 0 aliphatic carbocycles. The number of anilines is 2. The molecule has 0 aromatic heterocycles. The second-order valence-corrected chi connectivity index (χ2v) is 6.38. The minimum atomic E-state index is 0.381. The maximum Gasteiger partial charge on any atom is 0.193 e. The molecule has 0 saturated carbocycles. The molecule has 0 unspecified atom stereocenters. The summed E-state index contributed by atoms with van der Waals surface area (Å²) in [7, 11) is 2.11. The van der Waals surface area contributed by atoms with E-state index in [1.165, 1.54) is 5.69 Å². The van der Waals surface area contributed by atoms with Crippen molar-refractivity contribution < 1.29 is 9.47 Å². The first kappa shape index (κ1) is 21.4. The summed E-state index contributed by atoms with van der Waals surface area (Å²) in [6, 6.07) is 16.0. The molecule has 0 aliphatic rings. The van der Waals surface area contributed by atoms with Gasteiger partial charge in [-0.1, -0.05) is 18.2 Å². The largest absolute Gasteiger partial charge is 0.494 e. The van der Waals surface area contributed by atoms with E-state index in [0.717, 1.165) is 36.6 Å². The van der Waals surface area contributed by atoms with Gasteiger partial charge in [0.25, 0.3) is 0 Å². The van der Waals surface area contributed by atoms with E-state index >= 15 is 0 Å². The lowest BCUT2D eigenvalue weighted by molar-refractivity contribution is 0.332. The highest BCUT2D eigenvalue weighted by molar-refractivity contribution is 5.94. The van der Waals surface area contributed by atoms with Gasteiger partial charge in [-0.25, -0.2) is 0 Å². The number of rotatable bonds is 11. The van der Waals surface area contributed by atoms with Crippen LogP contribution in [0, 0.1) is 0 Å². The van der Waals surface area contributed by atoms with Crippen LogP contribution in [0.2, 0.25) is 0 Å². The minimum absolute atomic E-state index is 0.381. The molecule has 0 spiro atoms. The molecular formula is C22H32N4O2. The highest BCUT2D eigenvalue weighted by atomic mass is 16.5. The molecule has 0 amide bonds. The Balaban J connectivity index is 1.82. The molecule has 0 bridgehead atoms. The van der Waals surface area contributed by atoms with Crippen LogP contribution >= 0.6 is 0 Å². The number of hydrogen-bond donors (Lipinski definition) is 2. The number of ether oxygens (including phenoxy) is 2. The van der Waals surface area contributed by atoms with Gasteiger partial charge in [-0.15, -0.1) is 0 Å². The Kier molecular flexibility index (Phi) is 8.98. The average Bonchev–Trinajstić information content (AvgIpc) is 2.70. The lowest BCUT2D eigenvalue weighted by Crippen LogP contribution is -2.23. The van der Waals surface area contributed by atoms with Gasteiger partial charge in [0.15, 0.2) is 5.96 Å². The zero-order chi connectivity index (χ0) is 20.2. The molecule has 2 rings (SSSR count). The van der Waals surface area contributed by atoms with Crippen molar-refractivity contribution in [2.75, 3.05) is 43.6 Å². The van der Waals surface area contributed by atoms with Gasteiger partial charge in [0.2, 0.25) is 0 Å². The van der Waals surface area contributed by atoms with Gasteiger partial charge in [0.05, 0.1) is 18.9 Å². The van der Waals surface area contributed by atoms with Crippen LogP contribution in [0.3, 0.4) is 0 Å². The smallest absolute Gasteiger partial charge is 0.193 e. The standard InChI is InChI=1S/C22H32N4O2/c1-4-27-19-13-14-21(28-5-2)20(17-19)25-22(23)24-15-9-10-16-26(3)18-11-7-6-8-12-18/h6-8,11-14,17H,4-5,9-10,15-16H2,1-3H3,(H3,23,24,25). The maximum absolute atomic E-state index is 6.06. The molecule has 0 heterocycles. The summed E-state index contributed by atoms with van der Waals surface area (Å²) in [4.78, 5) is 6.68. The van der Waals surface area contributed by atoms with E-state index in [1.54, 1.807) is 0 Å². The fourth-order valence-corrected chi connectivity index (χ4v) is 2.79. The third kappa shape index (κ3) is 7.02. The molecule has 0 saturated heterocycles. The number of nitrogens with one attached hydrogen (secondary N) is 1. The van der Waals surface area contributed by atoms with Crippen LogP contribution < -0.4 is 25.4 Å². The summed E-state index contributed by atoms with van der Waals surface area (Å²) >= 11 is 0. The summed E-state index contributed by atoms with van der Waals surface area (Å²) in [6.45, 7) is 6.75. The molecule has 28 heavy (non-hydrogen) atoms. The summed E-state index contributed by atoms with van der Waals surface area (Å²) in [5.41, 5.74) is 8.05. The number of para-hydroxylation sites is 1. The highest BCUT2D eigenvalue weighted by Crippen LogP contribution is 2.29. The van der Waals surface area contributed by atoms with Crippen LogP contribution in [0.25, 0.3) is 0 Å². The summed E-state index contributed by atoms with van der Waals surface area (Å²) in [6.07, 6.45) is 2.02. The third-order valence-corrected chi connectivity index (χ3v) is 4.21. The molecule has 0 radical (unpaired) electrons. The van der Waals surface area contributed by atoms with Crippen molar-refractivity contribution in [3.05, 3.63) is 48.5 Å². The van der Waals surface area contributed by atoms with Gasteiger partial charge < -0.3 is 25.4 Å². The average molecular weight is 385 g/mol. The van der Waals surface area contributed by atoms with Crippen molar-refractivity contribution in [1.82, 2.24) is 0 Å². The van der Waals surface area contributed by atoms with Crippen molar-refractivity contribution in [2.45, 2.75) is 26.7 Å². The van der Waals surface area contributed by atoms with Crippen molar-refractivity contribution in [3.63, 3.8) is 0 Å². The number of nitrogens with two attached hydrogens (primary N) is 1. The van der Waals surface area contributed by atoms with Crippen LogP contribution in [0.1, 0.15) is 26.7 Å². The highest BCUT2D eigenvalue weighted by Gasteiger charge is 2.07. The number of benzene rings is 2. The molecule has 6 heteroatoms. The van der Waals surface area contributed by atoms with Crippen LogP contribution in [-0.2, 0) is 0 Å². The normalized spacial score (nSPS) is 11.2. The number of aliphatic imine (C=N–C) groups is 1. The van der Waals surface area contributed by atoms with Crippen molar-refractivity contribution >= 4 is 17.3 Å². The summed E-state index contributed by atoms with van der Waals surface area (Å²) < 4.78 is 11.2. The molecule has 6 nitrogen and oxygen atoms in total. The molecular weight excluding hydrogens is 352 g/mol. The van der Waals surface area contributed by atoms with E-state index in [1.807, 2.05) is 38.1 Å². The Bertz CT molecular complexity index is 735. The number of guanidine groups is 1. The fourth-order valence-electron chi connectivity index (χ4n) is 2.79. The zero-order valence-electron chi connectivity index (χ0n) is 17.1. The van der Waals surface area contributed by atoms with E-state index in [-0.39, 0.29) is 0 Å². The second kappa shape index (κ2) is 11.7. The van der Waals surface area contributed by atoms with Gasteiger partial charge in [-0.05, 0) is 51.0 Å². The first-order valence-electron chi connectivity index (χ1n) is 9.86. The molecule has 0 atom stereocenters. The van der Waals surface area contributed by atoms with Gasteiger partial charge in [0.1, 0.15) is 11.5 Å². The van der Waals surface area contributed by atoms with Crippen LogP contribution in [0.15, 0.2) is 53.5 Å². The first-order valence-corrected chi connectivity index (χ1v) is 9.86. The van der Waals surface area contributed by atoms with Gasteiger partial charge in [-0.3, -0.25) is 4.99 Å². The second-order valence-electron chi connectivity index (χ2n) is 6.38.